The average Bonchev–Trinajstić information content (AvgIpc) is 2.83. The van der Waals surface area contributed by atoms with Gasteiger partial charge in [-0.3, -0.25) is 0 Å². The third-order valence-electron chi connectivity index (χ3n) is 4.16. The van der Waals surface area contributed by atoms with Crippen LogP contribution in [0.5, 0.6) is 0 Å². The van der Waals surface area contributed by atoms with E-state index in [1.807, 2.05) is 12.1 Å². The van der Waals surface area contributed by atoms with Gasteiger partial charge in [0, 0.05) is 11.5 Å². The number of hydrogen-bond acceptors (Lipinski definition) is 8. The fourth-order valence-corrected chi connectivity index (χ4v) is 4.71. The van der Waals surface area contributed by atoms with Gasteiger partial charge in [-0.05, 0) is 11.1 Å². The van der Waals surface area contributed by atoms with Crippen molar-refractivity contribution in [2.75, 3.05) is 11.5 Å². The third-order valence-corrected chi connectivity index (χ3v) is 6.58. The summed E-state index contributed by atoms with van der Waals surface area (Å²) in [5.74, 6) is -2.62. The molecule has 2 aromatic rings. The maximum absolute atomic E-state index is 11.9. The van der Waals surface area contributed by atoms with Crippen molar-refractivity contribution in [3.63, 3.8) is 0 Å². The second kappa shape index (κ2) is 16.3. The number of aliphatic carboxylic acids is 2. The Morgan fingerprint density at radius 2 is 1.03 bits per heavy atom. The number of carboxylic acid groups (broad SMARTS) is 2. The topological polar surface area (TPSA) is 151 Å². The van der Waals surface area contributed by atoms with E-state index < -0.39 is 36.2 Å². The zero-order valence-corrected chi connectivity index (χ0v) is 19.6. The second-order valence-electron chi connectivity index (χ2n) is 6.76. The van der Waals surface area contributed by atoms with E-state index in [2.05, 4.69) is 10.6 Å². The molecule has 2 atom stereocenters. The number of nitrogens with one attached hydrogen (secondary N) is 2. The number of carboxylic acids is 2. The molecule has 0 aliphatic rings. The molecule has 1 unspecified atom stereocenters. The van der Waals surface area contributed by atoms with Crippen molar-refractivity contribution in [3.8, 4) is 0 Å². The minimum Gasteiger partial charge on any atom is -0.480 e. The molecule has 190 valence electrons. The van der Waals surface area contributed by atoms with Gasteiger partial charge in [0.2, 0.25) is 0 Å². The minimum atomic E-state index is -1.26. The molecule has 4 N–H and O–H groups in total. The van der Waals surface area contributed by atoms with Crippen molar-refractivity contribution >= 4 is 45.7 Å². The van der Waals surface area contributed by atoms with E-state index in [-0.39, 0.29) is 32.1 Å². The number of benzene rings is 2. The smallest absolute Gasteiger partial charge is 0.408 e. The van der Waals surface area contributed by atoms with Crippen LogP contribution in [-0.2, 0) is 32.3 Å². The van der Waals surface area contributed by atoms with Gasteiger partial charge in [0.25, 0.3) is 0 Å². The molecule has 0 fully saturated rings. The van der Waals surface area contributed by atoms with Gasteiger partial charge in [0.05, 0.1) is 0 Å². The van der Waals surface area contributed by atoms with E-state index in [0.29, 0.717) is 0 Å². The summed E-state index contributed by atoms with van der Waals surface area (Å²) in [6.45, 7) is -0.0134. The molecule has 0 aliphatic heterocycles. The largest absolute Gasteiger partial charge is 0.480 e. The molecule has 0 radical (unpaired) electrons. The molecule has 35 heavy (non-hydrogen) atoms. The third kappa shape index (κ3) is 12.1. The van der Waals surface area contributed by atoms with Gasteiger partial charge in [-0.1, -0.05) is 89.7 Å². The summed E-state index contributed by atoms with van der Waals surface area (Å²) in [4.78, 5) is 46.6. The van der Waals surface area contributed by atoms with Crippen molar-refractivity contribution < 1.29 is 38.9 Å². The molecule has 0 saturated carbocycles. The zero-order chi connectivity index (χ0) is 24.8. The van der Waals surface area contributed by atoms with Gasteiger partial charge in [-0.25, -0.2) is 19.2 Å². The first kappa shape index (κ1) is 29.7. The lowest BCUT2D eigenvalue weighted by molar-refractivity contribution is -0.139. The molecular weight excluding hydrogens is 496 g/mol. The Morgan fingerprint density at radius 3 is 1.34 bits per heavy atom. The van der Waals surface area contributed by atoms with Crippen molar-refractivity contribution in [3.05, 3.63) is 71.8 Å². The fraction of sp³-hybridized carbons (Fsp3) is 0.304. The summed E-state index contributed by atoms with van der Waals surface area (Å²) >= 11 is 0. The summed E-state index contributed by atoms with van der Waals surface area (Å²) in [5, 5.41) is 23.2. The lowest BCUT2D eigenvalue weighted by Gasteiger charge is -2.16. The Hall–Kier alpha value is -3.38. The van der Waals surface area contributed by atoms with E-state index in [4.69, 9.17) is 9.47 Å². The van der Waals surface area contributed by atoms with Gasteiger partial charge in [-0.2, -0.15) is 0 Å². The van der Waals surface area contributed by atoms with E-state index in [1.165, 1.54) is 0 Å². The molecule has 10 nitrogen and oxygen atoms in total. The first-order valence-electron chi connectivity index (χ1n) is 9.99. The van der Waals surface area contributed by atoms with Gasteiger partial charge in [0.1, 0.15) is 25.3 Å². The summed E-state index contributed by atoms with van der Waals surface area (Å²) in [6.07, 6.45) is -1.76. The molecule has 0 spiro atoms. The molecular formula is C23H28N2O8S2. The number of carbonyl (C=O) groups is 4. The zero-order valence-electron chi connectivity index (χ0n) is 17.9. The van der Waals surface area contributed by atoms with Crippen molar-refractivity contribution in [2.24, 2.45) is 0 Å². The lowest BCUT2D eigenvalue weighted by Crippen LogP contribution is -2.43. The highest BCUT2D eigenvalue weighted by Gasteiger charge is 2.24. The standard InChI is InChI=1S/C22H24N2O8S2.CH4/c25-19(26)17(23-21(29)31-11-15-7-3-1-4-8-15)13-33-34-14-18(20(27)28)24-22(30)32-12-16-9-5-2-6-10-16;/h1-10,17-18H,11-14H2,(H,23,29)(H,24,30)(H,25,26)(H,27,28);1H4/t17-,18?;/m0./s1. The second-order valence-corrected chi connectivity index (χ2v) is 9.32. The number of alkyl carbamates (subject to hydrolysis) is 2. The van der Waals surface area contributed by atoms with Crippen molar-refractivity contribution in [2.45, 2.75) is 32.7 Å². The van der Waals surface area contributed by atoms with E-state index in [0.717, 1.165) is 32.7 Å². The number of rotatable bonds is 13. The number of amides is 2. The molecule has 0 aromatic heterocycles. The number of carbonyl (C=O) groups excluding carboxylic acids is 2. The SMILES string of the molecule is C.O=C(NC(CSSC[C@H](NC(=O)OCc1ccccc1)C(=O)O)C(=O)O)OCc1ccccc1. The van der Waals surface area contributed by atoms with Gasteiger partial charge < -0.3 is 30.3 Å². The van der Waals surface area contributed by atoms with Gasteiger partial charge in [-0.15, -0.1) is 0 Å². The monoisotopic (exact) mass is 524 g/mol. The number of ether oxygens (including phenoxy) is 2. The van der Waals surface area contributed by atoms with E-state index >= 15 is 0 Å². The molecule has 0 saturated heterocycles. The normalized spacial score (nSPS) is 11.8. The maximum Gasteiger partial charge on any atom is 0.408 e. The number of hydrogen-bond donors (Lipinski definition) is 4. The van der Waals surface area contributed by atoms with Crippen LogP contribution in [0.1, 0.15) is 18.6 Å². The van der Waals surface area contributed by atoms with Crippen LogP contribution < -0.4 is 10.6 Å². The Labute approximate surface area is 211 Å². The van der Waals surface area contributed by atoms with Crippen LogP contribution >= 0.6 is 21.6 Å². The van der Waals surface area contributed by atoms with E-state index in [1.54, 1.807) is 48.5 Å². The van der Waals surface area contributed by atoms with Gasteiger partial charge in [0.15, 0.2) is 0 Å². The average molecular weight is 525 g/mol. The Balaban J connectivity index is 0.00000612. The summed E-state index contributed by atoms with van der Waals surface area (Å²) < 4.78 is 10.0. The highest BCUT2D eigenvalue weighted by molar-refractivity contribution is 8.76. The molecule has 2 amide bonds. The van der Waals surface area contributed by atoms with Crippen LogP contribution in [0, 0.1) is 0 Å². The van der Waals surface area contributed by atoms with Crippen molar-refractivity contribution in [1.82, 2.24) is 10.6 Å². The van der Waals surface area contributed by atoms with E-state index in [9.17, 15) is 29.4 Å². The molecule has 2 aromatic carbocycles. The maximum atomic E-state index is 11.9. The summed E-state index contributed by atoms with van der Waals surface area (Å²) in [7, 11) is 2.08. The highest BCUT2D eigenvalue weighted by Crippen LogP contribution is 2.23. The van der Waals surface area contributed by atoms with Crippen LogP contribution in [0.25, 0.3) is 0 Å². The first-order chi connectivity index (χ1) is 16.3. The van der Waals surface area contributed by atoms with Crippen LogP contribution in [0.3, 0.4) is 0 Å². The fourth-order valence-electron chi connectivity index (χ4n) is 2.40. The first-order valence-corrected chi connectivity index (χ1v) is 12.5. The minimum absolute atomic E-state index is 0. The Kier molecular flexibility index (Phi) is 13.8. The van der Waals surface area contributed by atoms with Crippen LogP contribution in [0.15, 0.2) is 60.7 Å². The molecule has 0 bridgehead atoms. The predicted octanol–water partition coefficient (Wildman–Crippen LogP) is 3.76. The Bertz CT molecular complexity index is 870. The highest BCUT2D eigenvalue weighted by atomic mass is 33.1. The quantitative estimate of drug-likeness (QED) is 0.225. The lowest BCUT2D eigenvalue weighted by atomic mass is 10.2. The van der Waals surface area contributed by atoms with Crippen LogP contribution in [-0.4, -0.2) is 57.9 Å². The molecule has 0 heterocycles. The van der Waals surface area contributed by atoms with Gasteiger partial charge >= 0.3 is 24.1 Å². The summed E-state index contributed by atoms with van der Waals surface area (Å²) in [5.41, 5.74) is 1.51. The molecule has 12 heteroatoms. The molecule has 0 aliphatic carbocycles. The van der Waals surface area contributed by atoms with Crippen molar-refractivity contribution in [1.29, 1.82) is 0 Å². The predicted molar refractivity (Wildman–Crippen MR) is 134 cm³/mol. The van der Waals surface area contributed by atoms with Crippen LogP contribution in [0.2, 0.25) is 0 Å². The molecule has 2 rings (SSSR count). The Morgan fingerprint density at radius 1 is 0.686 bits per heavy atom. The summed E-state index contributed by atoms with van der Waals surface area (Å²) in [6, 6.07) is 15.3. The van der Waals surface area contributed by atoms with Crippen LogP contribution in [0.4, 0.5) is 9.59 Å².